The van der Waals surface area contributed by atoms with Crippen molar-refractivity contribution < 1.29 is 0 Å². The molecule has 2 heterocycles. The molecule has 2 heteroatoms. The highest BCUT2D eigenvalue weighted by Crippen LogP contribution is 2.47. The minimum absolute atomic E-state index is 1.22. The Morgan fingerprint density at radius 2 is 0.408 bits per heavy atom. The highest BCUT2D eigenvalue weighted by atomic mass is 32.1. The molecule has 16 rings (SSSR count). The Kier molecular flexibility index (Phi) is 9.78. The summed E-state index contributed by atoms with van der Waals surface area (Å²) in [4.78, 5) is 0. The molecule has 0 atom stereocenters. The first-order valence-corrected chi connectivity index (χ1v) is 27.8. The third kappa shape index (κ3) is 6.82. The topological polar surface area (TPSA) is 0 Å². The predicted octanol–water partition coefficient (Wildman–Crippen LogP) is 22.2. The maximum Gasteiger partial charge on any atom is 0.0361 e. The largest absolute Gasteiger partial charge is 0.135 e. The molecule has 14 aromatic carbocycles. The van der Waals surface area contributed by atoms with Gasteiger partial charge in [0.25, 0.3) is 0 Å². The molecule has 0 aliphatic heterocycles. The molecule has 0 spiro atoms. The van der Waals surface area contributed by atoms with E-state index in [0.717, 1.165) is 0 Å². The molecule has 0 fully saturated rings. The molecule has 16 aromatic rings. The fourth-order valence-corrected chi connectivity index (χ4v) is 14.8. The highest BCUT2D eigenvalue weighted by molar-refractivity contribution is 7.26. The molecule has 0 N–H and O–H groups in total. The summed E-state index contributed by atoms with van der Waals surface area (Å²) in [6.07, 6.45) is 0. The Hall–Kier alpha value is -9.18. The zero-order valence-corrected chi connectivity index (χ0v) is 42.9. The number of benzene rings is 14. The first-order chi connectivity index (χ1) is 37.7. The van der Waals surface area contributed by atoms with Crippen molar-refractivity contribution in [2.24, 2.45) is 0 Å². The second-order valence-corrected chi connectivity index (χ2v) is 22.4. The van der Waals surface area contributed by atoms with Crippen LogP contribution in [-0.2, 0) is 0 Å². The van der Waals surface area contributed by atoms with Gasteiger partial charge in [-0.15, -0.1) is 22.7 Å². The van der Waals surface area contributed by atoms with Gasteiger partial charge in [-0.05, 0) is 169 Å². The molecule has 0 aliphatic rings. The second kappa shape index (κ2) is 17.2. The first kappa shape index (κ1) is 43.2. The Morgan fingerprint density at radius 3 is 0.737 bits per heavy atom. The monoisotopic (exact) mass is 996 g/mol. The van der Waals surface area contributed by atoms with Crippen molar-refractivity contribution in [1.29, 1.82) is 0 Å². The zero-order valence-electron chi connectivity index (χ0n) is 41.2. The maximum absolute atomic E-state index is 2.44. The molecule has 0 amide bonds. The van der Waals surface area contributed by atoms with Crippen LogP contribution < -0.4 is 0 Å². The van der Waals surface area contributed by atoms with E-state index >= 15 is 0 Å². The Morgan fingerprint density at radius 1 is 0.158 bits per heavy atom. The van der Waals surface area contributed by atoms with Gasteiger partial charge in [-0.1, -0.05) is 218 Å². The number of thiophene rings is 2. The maximum atomic E-state index is 2.44. The predicted molar refractivity (Wildman–Crippen MR) is 332 cm³/mol. The van der Waals surface area contributed by atoms with E-state index in [2.05, 4.69) is 267 Å². The number of hydrogen-bond acceptors (Lipinski definition) is 2. The van der Waals surface area contributed by atoms with E-state index in [1.807, 2.05) is 22.7 Å². The third-order valence-corrected chi connectivity index (χ3v) is 18.3. The minimum atomic E-state index is 1.22. The lowest BCUT2D eigenvalue weighted by Gasteiger charge is -2.18. The molecule has 0 nitrogen and oxygen atoms in total. The number of fused-ring (bicyclic) bond motifs is 11. The molecule has 0 unspecified atom stereocenters. The van der Waals surface area contributed by atoms with Crippen LogP contribution in [0.5, 0.6) is 0 Å². The van der Waals surface area contributed by atoms with Crippen LogP contribution in [0, 0.1) is 0 Å². The molecular formula is C74H44S2. The fraction of sp³-hybridized carbons (Fsp3) is 0. The summed E-state index contributed by atoms with van der Waals surface area (Å²) in [5.41, 5.74) is 15.0. The van der Waals surface area contributed by atoms with Crippen molar-refractivity contribution in [3.8, 4) is 66.8 Å². The van der Waals surface area contributed by atoms with E-state index in [0.29, 0.717) is 0 Å². The van der Waals surface area contributed by atoms with Gasteiger partial charge < -0.3 is 0 Å². The first-order valence-electron chi connectivity index (χ1n) is 26.1. The molecule has 0 saturated carbocycles. The van der Waals surface area contributed by atoms with Gasteiger partial charge in [-0.2, -0.15) is 0 Å². The quantitative estimate of drug-likeness (QED) is 0.146. The van der Waals surface area contributed by atoms with Crippen molar-refractivity contribution in [1.82, 2.24) is 0 Å². The average molecular weight is 997 g/mol. The summed E-state index contributed by atoms with van der Waals surface area (Å²) in [6.45, 7) is 0. The SMILES string of the molecule is c1ccc(-c2c3ccccc3c(-c3ccc(-c4ccc5sc6cc7cc8sc9ccc(-c%10ccc(-c%11c%12ccccc%12c(-c%12ccccc%12)c%12ccccc%11%12)cc%10)cc9c8cc7cc6c5c4)cc3)c3ccccc23)cc1. The van der Waals surface area contributed by atoms with E-state index in [-0.39, 0.29) is 0 Å². The summed E-state index contributed by atoms with van der Waals surface area (Å²) in [7, 11) is 0. The van der Waals surface area contributed by atoms with Crippen molar-refractivity contribution in [2.75, 3.05) is 0 Å². The van der Waals surface area contributed by atoms with Gasteiger partial charge in [-0.25, -0.2) is 0 Å². The van der Waals surface area contributed by atoms with E-state index in [9.17, 15) is 0 Å². The normalized spacial score (nSPS) is 11.9. The fourth-order valence-electron chi connectivity index (χ4n) is 12.5. The van der Waals surface area contributed by atoms with Gasteiger partial charge in [-0.3, -0.25) is 0 Å². The summed E-state index contributed by atoms with van der Waals surface area (Å²) < 4.78 is 5.28. The van der Waals surface area contributed by atoms with Crippen molar-refractivity contribution in [3.05, 3.63) is 267 Å². The average Bonchev–Trinajstić information content (AvgIpc) is 4.06. The molecule has 76 heavy (non-hydrogen) atoms. The van der Waals surface area contributed by atoms with Crippen LogP contribution in [0.15, 0.2) is 267 Å². The Labute approximate surface area is 447 Å². The zero-order chi connectivity index (χ0) is 49.8. The molecule has 0 aliphatic carbocycles. The van der Waals surface area contributed by atoms with Gasteiger partial charge in [0.2, 0.25) is 0 Å². The Balaban J connectivity index is 0.751. The van der Waals surface area contributed by atoms with Crippen LogP contribution in [0.1, 0.15) is 0 Å². The Bertz CT molecular complexity index is 4570. The smallest absolute Gasteiger partial charge is 0.0361 e. The standard InChI is InChI=1S/C74H44S2/c1-3-15-47(16-4-1)71-55-19-7-11-23-59(55)73(60-24-12-8-20-56(60)71)49-31-27-45(28-32-49)51-35-37-67-63(39-51)65-41-53-42-66-64-40-52(36-38-68(64)76-70(66)44-54(53)43-69(65)75-67)46-29-33-50(34-30-46)74-61-25-13-9-21-57(61)72(48-17-5-2-6-18-48)58-22-10-14-26-62(58)74/h1-44H. The van der Waals surface area contributed by atoms with Crippen LogP contribution >= 0.6 is 22.7 Å². The van der Waals surface area contributed by atoms with Gasteiger partial charge in [0.15, 0.2) is 0 Å². The van der Waals surface area contributed by atoms with Crippen molar-refractivity contribution in [2.45, 2.75) is 0 Å². The van der Waals surface area contributed by atoms with Crippen molar-refractivity contribution >= 4 is 117 Å². The minimum Gasteiger partial charge on any atom is -0.135 e. The van der Waals surface area contributed by atoms with Gasteiger partial charge in [0.05, 0.1) is 0 Å². The highest BCUT2D eigenvalue weighted by Gasteiger charge is 2.19. The summed E-state index contributed by atoms with van der Waals surface area (Å²) in [5, 5.41) is 18.0. The van der Waals surface area contributed by atoms with Crippen LogP contribution in [0.4, 0.5) is 0 Å². The van der Waals surface area contributed by atoms with E-state index in [4.69, 9.17) is 0 Å². The van der Waals surface area contributed by atoms with Crippen LogP contribution in [-0.4, -0.2) is 0 Å². The van der Waals surface area contributed by atoms with E-state index in [1.165, 1.54) is 161 Å². The van der Waals surface area contributed by atoms with E-state index < -0.39 is 0 Å². The summed E-state index contributed by atoms with van der Waals surface area (Å²) in [5.74, 6) is 0. The number of hydrogen-bond donors (Lipinski definition) is 0. The van der Waals surface area contributed by atoms with Crippen LogP contribution in [0.2, 0.25) is 0 Å². The molecule has 0 radical (unpaired) electrons. The molecule has 352 valence electrons. The molecule has 0 bridgehead atoms. The van der Waals surface area contributed by atoms with Crippen molar-refractivity contribution in [3.63, 3.8) is 0 Å². The number of rotatable bonds is 6. The van der Waals surface area contributed by atoms with Crippen LogP contribution in [0.25, 0.3) is 161 Å². The lowest BCUT2D eigenvalue weighted by Crippen LogP contribution is -1.90. The molecule has 0 saturated heterocycles. The summed E-state index contributed by atoms with van der Waals surface area (Å²) >= 11 is 3.79. The third-order valence-electron chi connectivity index (χ3n) is 16.0. The van der Waals surface area contributed by atoms with Gasteiger partial charge in [0, 0.05) is 40.3 Å². The lowest BCUT2D eigenvalue weighted by molar-refractivity contribution is 1.63. The lowest BCUT2D eigenvalue weighted by atomic mass is 9.86. The molecule has 2 aromatic heterocycles. The van der Waals surface area contributed by atoms with Gasteiger partial charge >= 0.3 is 0 Å². The second-order valence-electron chi connectivity index (χ2n) is 20.2. The molecular weight excluding hydrogens is 953 g/mol. The van der Waals surface area contributed by atoms with Gasteiger partial charge in [0.1, 0.15) is 0 Å². The van der Waals surface area contributed by atoms with E-state index in [1.54, 1.807) is 0 Å². The van der Waals surface area contributed by atoms with Crippen LogP contribution in [0.3, 0.4) is 0 Å². The summed E-state index contributed by atoms with van der Waals surface area (Å²) in [6, 6.07) is 99.6.